The van der Waals surface area contributed by atoms with Crippen molar-refractivity contribution in [3.63, 3.8) is 0 Å². The summed E-state index contributed by atoms with van der Waals surface area (Å²) >= 11 is 0. The quantitative estimate of drug-likeness (QED) is 0.430. The van der Waals surface area contributed by atoms with Crippen LogP contribution in [0.2, 0.25) is 0 Å². The summed E-state index contributed by atoms with van der Waals surface area (Å²) in [6.45, 7) is 6.39. The number of unbranched alkanes of at least 4 members (excludes halogenated alkanes) is 4. The van der Waals surface area contributed by atoms with Crippen molar-refractivity contribution in [3.8, 4) is 11.5 Å². The van der Waals surface area contributed by atoms with Gasteiger partial charge in [-0.3, -0.25) is 4.79 Å². The number of benzene rings is 1. The van der Waals surface area contributed by atoms with Gasteiger partial charge in [-0.25, -0.2) is 0 Å². The summed E-state index contributed by atoms with van der Waals surface area (Å²) in [4.78, 5) is 12.3. The van der Waals surface area contributed by atoms with Crippen molar-refractivity contribution in [1.29, 1.82) is 0 Å². The van der Waals surface area contributed by atoms with E-state index in [0.29, 0.717) is 23.7 Å². The Hall–Kier alpha value is -1.51. The van der Waals surface area contributed by atoms with Gasteiger partial charge in [-0.05, 0) is 42.9 Å². The van der Waals surface area contributed by atoms with E-state index in [4.69, 9.17) is 4.74 Å². The van der Waals surface area contributed by atoms with E-state index in [2.05, 4.69) is 20.8 Å². The molecule has 0 aliphatic rings. The molecule has 1 aromatic carbocycles. The number of ketones is 1. The van der Waals surface area contributed by atoms with Gasteiger partial charge in [-0.2, -0.15) is 0 Å². The molecule has 0 heterocycles. The Labute approximate surface area is 141 Å². The number of hydrogen-bond donors (Lipinski definition) is 1. The molecule has 0 amide bonds. The molecule has 0 radical (unpaired) electrons. The van der Waals surface area contributed by atoms with Gasteiger partial charge in [0, 0.05) is 6.42 Å². The van der Waals surface area contributed by atoms with E-state index in [-0.39, 0.29) is 11.5 Å². The van der Waals surface area contributed by atoms with Crippen LogP contribution in [0.4, 0.5) is 0 Å². The molecule has 23 heavy (non-hydrogen) atoms. The van der Waals surface area contributed by atoms with Crippen LogP contribution in [0.1, 0.15) is 81.6 Å². The van der Waals surface area contributed by atoms with E-state index in [0.717, 1.165) is 24.8 Å². The monoisotopic (exact) mass is 320 g/mol. The number of carbonyl (C=O) groups is 1. The van der Waals surface area contributed by atoms with Crippen LogP contribution < -0.4 is 4.74 Å². The largest absolute Gasteiger partial charge is 0.507 e. The van der Waals surface area contributed by atoms with Crippen LogP contribution in [0.3, 0.4) is 0 Å². The molecule has 3 heteroatoms. The molecule has 0 saturated carbocycles. The van der Waals surface area contributed by atoms with E-state index in [1.807, 2.05) is 0 Å². The number of methoxy groups -OCH3 is 1. The SMILES string of the molecule is CCCCCCCc1cc(O)c(C(=O)CCC(C)C)cc1OC. The fourth-order valence-electron chi connectivity index (χ4n) is 2.69. The zero-order chi connectivity index (χ0) is 17.2. The molecule has 0 bridgehead atoms. The number of hydrogen-bond acceptors (Lipinski definition) is 3. The minimum Gasteiger partial charge on any atom is -0.507 e. The van der Waals surface area contributed by atoms with Crippen molar-refractivity contribution < 1.29 is 14.6 Å². The summed E-state index contributed by atoms with van der Waals surface area (Å²) in [5.74, 6) is 1.27. The van der Waals surface area contributed by atoms with Gasteiger partial charge in [0.25, 0.3) is 0 Å². The van der Waals surface area contributed by atoms with Gasteiger partial charge in [-0.1, -0.05) is 46.5 Å². The number of phenols is 1. The van der Waals surface area contributed by atoms with Crippen LogP contribution in [0, 0.1) is 5.92 Å². The predicted octanol–water partition coefficient (Wildman–Crippen LogP) is 5.53. The summed E-state index contributed by atoms with van der Waals surface area (Å²) in [7, 11) is 1.62. The molecule has 1 N–H and O–H groups in total. The van der Waals surface area contributed by atoms with Gasteiger partial charge in [-0.15, -0.1) is 0 Å². The molecule has 0 aromatic heterocycles. The molecule has 0 unspecified atom stereocenters. The standard InChI is InChI=1S/C20H32O3/c1-5-6-7-8-9-10-16-13-19(22)17(14-20(16)23-4)18(21)12-11-15(2)3/h13-15,22H,5-12H2,1-4H3. The molecule has 130 valence electrons. The van der Waals surface area contributed by atoms with Crippen LogP contribution in [0.25, 0.3) is 0 Å². The molecule has 0 aliphatic heterocycles. The van der Waals surface area contributed by atoms with Crippen molar-refractivity contribution in [2.75, 3.05) is 7.11 Å². The first-order chi connectivity index (χ1) is 11.0. The zero-order valence-corrected chi connectivity index (χ0v) is 15.2. The van der Waals surface area contributed by atoms with Crippen LogP contribution in [0.5, 0.6) is 11.5 Å². The van der Waals surface area contributed by atoms with Crippen molar-refractivity contribution >= 4 is 5.78 Å². The first-order valence-corrected chi connectivity index (χ1v) is 8.92. The van der Waals surface area contributed by atoms with Crippen LogP contribution in [-0.4, -0.2) is 18.0 Å². The van der Waals surface area contributed by atoms with Gasteiger partial charge < -0.3 is 9.84 Å². The molecule has 0 fully saturated rings. The van der Waals surface area contributed by atoms with Crippen molar-refractivity contribution in [3.05, 3.63) is 23.3 Å². The van der Waals surface area contributed by atoms with Gasteiger partial charge in [0.15, 0.2) is 5.78 Å². The molecule has 1 aromatic rings. The number of rotatable bonds is 11. The lowest BCUT2D eigenvalue weighted by molar-refractivity contribution is 0.0972. The Balaban J connectivity index is 2.75. The van der Waals surface area contributed by atoms with Crippen LogP contribution in [0.15, 0.2) is 12.1 Å². The van der Waals surface area contributed by atoms with E-state index in [9.17, 15) is 9.90 Å². The summed E-state index contributed by atoms with van der Waals surface area (Å²) in [5, 5.41) is 10.2. The number of aromatic hydroxyl groups is 1. The number of ether oxygens (including phenoxy) is 1. The second-order valence-corrected chi connectivity index (χ2v) is 6.70. The zero-order valence-electron chi connectivity index (χ0n) is 15.2. The van der Waals surface area contributed by atoms with Gasteiger partial charge in [0.2, 0.25) is 0 Å². The van der Waals surface area contributed by atoms with Crippen LogP contribution in [-0.2, 0) is 6.42 Å². The lowest BCUT2D eigenvalue weighted by Crippen LogP contribution is -2.04. The normalized spacial score (nSPS) is 11.0. The molecular formula is C20H32O3. The Bertz CT molecular complexity index is 492. The minimum atomic E-state index is -0.0102. The molecule has 3 nitrogen and oxygen atoms in total. The van der Waals surface area contributed by atoms with Crippen molar-refractivity contribution in [2.45, 2.75) is 72.1 Å². The van der Waals surface area contributed by atoms with Crippen molar-refractivity contribution in [1.82, 2.24) is 0 Å². The van der Waals surface area contributed by atoms with Gasteiger partial charge >= 0.3 is 0 Å². The lowest BCUT2D eigenvalue weighted by Gasteiger charge is -2.13. The van der Waals surface area contributed by atoms with Crippen LogP contribution >= 0.6 is 0 Å². The highest BCUT2D eigenvalue weighted by Gasteiger charge is 2.16. The van der Waals surface area contributed by atoms with E-state index < -0.39 is 0 Å². The third kappa shape index (κ3) is 6.64. The number of Topliss-reactive ketones (excluding diaryl/α,β-unsaturated/α-hetero) is 1. The number of phenolic OH excluding ortho intramolecular Hbond substituents is 1. The first-order valence-electron chi connectivity index (χ1n) is 8.92. The Morgan fingerprint density at radius 1 is 1.17 bits per heavy atom. The lowest BCUT2D eigenvalue weighted by atomic mass is 9.97. The third-order valence-corrected chi connectivity index (χ3v) is 4.20. The summed E-state index contributed by atoms with van der Waals surface area (Å²) in [6, 6.07) is 3.42. The highest BCUT2D eigenvalue weighted by atomic mass is 16.5. The molecule has 0 aliphatic carbocycles. The van der Waals surface area contributed by atoms with Crippen molar-refractivity contribution in [2.24, 2.45) is 5.92 Å². The summed E-state index contributed by atoms with van der Waals surface area (Å²) < 4.78 is 5.43. The first kappa shape index (κ1) is 19.5. The third-order valence-electron chi connectivity index (χ3n) is 4.20. The van der Waals surface area contributed by atoms with E-state index in [1.165, 1.54) is 25.7 Å². The average Bonchev–Trinajstić information content (AvgIpc) is 2.52. The molecule has 0 spiro atoms. The highest BCUT2D eigenvalue weighted by Crippen LogP contribution is 2.30. The maximum Gasteiger partial charge on any atom is 0.166 e. The number of carbonyl (C=O) groups excluding carboxylic acids is 1. The Morgan fingerprint density at radius 2 is 1.87 bits per heavy atom. The van der Waals surface area contributed by atoms with E-state index in [1.54, 1.807) is 19.2 Å². The second kappa shape index (κ2) is 10.3. The molecular weight excluding hydrogens is 288 g/mol. The summed E-state index contributed by atoms with van der Waals surface area (Å²) in [5.41, 5.74) is 1.37. The maximum absolute atomic E-state index is 12.3. The smallest absolute Gasteiger partial charge is 0.166 e. The Morgan fingerprint density at radius 3 is 2.48 bits per heavy atom. The molecule has 0 atom stereocenters. The van der Waals surface area contributed by atoms with Gasteiger partial charge in [0.1, 0.15) is 11.5 Å². The second-order valence-electron chi connectivity index (χ2n) is 6.70. The average molecular weight is 320 g/mol. The van der Waals surface area contributed by atoms with E-state index >= 15 is 0 Å². The predicted molar refractivity (Wildman–Crippen MR) is 95.5 cm³/mol. The number of aryl methyl sites for hydroxylation is 1. The fourth-order valence-corrected chi connectivity index (χ4v) is 2.69. The Kier molecular flexibility index (Phi) is 8.75. The topological polar surface area (TPSA) is 46.5 Å². The maximum atomic E-state index is 12.3. The molecule has 0 saturated heterocycles. The van der Waals surface area contributed by atoms with Gasteiger partial charge in [0.05, 0.1) is 12.7 Å². The fraction of sp³-hybridized carbons (Fsp3) is 0.650. The minimum absolute atomic E-state index is 0.0102. The highest BCUT2D eigenvalue weighted by molar-refractivity contribution is 5.99. The summed E-state index contributed by atoms with van der Waals surface area (Å²) in [6.07, 6.45) is 8.19. The molecule has 1 rings (SSSR count).